The van der Waals surface area contributed by atoms with E-state index in [0.29, 0.717) is 17.3 Å². The molecule has 7 heteroatoms. The maximum absolute atomic E-state index is 12.1. The van der Waals surface area contributed by atoms with E-state index in [4.69, 9.17) is 4.42 Å². The van der Waals surface area contributed by atoms with E-state index in [1.54, 1.807) is 6.26 Å². The highest BCUT2D eigenvalue weighted by Gasteiger charge is 2.18. The summed E-state index contributed by atoms with van der Waals surface area (Å²) in [6.07, 6.45) is 1.81. The molecule has 0 aliphatic rings. The van der Waals surface area contributed by atoms with Crippen LogP contribution in [0.25, 0.3) is 10.8 Å². The molecule has 120 valence electrons. The van der Waals surface area contributed by atoms with Crippen molar-refractivity contribution in [3.63, 3.8) is 0 Å². The molecule has 0 radical (unpaired) electrons. The van der Waals surface area contributed by atoms with Gasteiger partial charge in [-0.3, -0.25) is 9.89 Å². The number of nitrogens with zero attached hydrogens (tertiary/aromatic N) is 2. The third-order valence-electron chi connectivity index (χ3n) is 3.28. The van der Waals surface area contributed by atoms with E-state index in [0.717, 1.165) is 10.7 Å². The molecular weight excluding hydrogens is 312 g/mol. The Kier molecular flexibility index (Phi) is 4.04. The molecule has 0 aliphatic carbocycles. The fraction of sp³-hybridized carbons (Fsp3) is 0.312. The second kappa shape index (κ2) is 6.00. The number of anilines is 1. The van der Waals surface area contributed by atoms with Crippen LogP contribution in [-0.2, 0) is 16.6 Å². The number of aromatic amines is 1. The van der Waals surface area contributed by atoms with Crippen molar-refractivity contribution >= 4 is 23.1 Å². The fourth-order valence-electron chi connectivity index (χ4n) is 2.02. The average molecular weight is 330 g/mol. The number of furan rings is 1. The molecule has 3 aromatic rings. The molecule has 0 spiro atoms. The van der Waals surface area contributed by atoms with Crippen molar-refractivity contribution in [2.45, 2.75) is 32.6 Å². The predicted octanol–water partition coefficient (Wildman–Crippen LogP) is 3.60. The molecule has 0 atom stereocenters. The molecule has 0 aromatic carbocycles. The quantitative estimate of drug-likeness (QED) is 0.765. The van der Waals surface area contributed by atoms with Crippen LogP contribution in [0.2, 0.25) is 0 Å². The van der Waals surface area contributed by atoms with E-state index >= 15 is 0 Å². The Hall–Kier alpha value is -2.41. The first-order chi connectivity index (χ1) is 10.9. The van der Waals surface area contributed by atoms with Gasteiger partial charge in [0.25, 0.3) is 0 Å². The van der Waals surface area contributed by atoms with Crippen LogP contribution >= 0.6 is 11.3 Å². The molecule has 3 heterocycles. The Labute approximate surface area is 137 Å². The lowest BCUT2D eigenvalue weighted by Gasteiger charge is -2.14. The SMILES string of the molecule is CC(C)(C)c1cc(NC(=O)Cc2csc(-c3ccco3)n2)n[nH]1. The zero-order valence-electron chi connectivity index (χ0n) is 13.2. The number of H-pyrrole nitrogens is 1. The summed E-state index contributed by atoms with van der Waals surface area (Å²) in [5, 5.41) is 12.5. The summed E-state index contributed by atoms with van der Waals surface area (Å²) in [5.74, 6) is 1.10. The lowest BCUT2D eigenvalue weighted by molar-refractivity contribution is -0.115. The molecule has 1 amide bonds. The summed E-state index contributed by atoms with van der Waals surface area (Å²) in [5.41, 5.74) is 1.65. The number of carbonyl (C=O) groups is 1. The van der Waals surface area contributed by atoms with Gasteiger partial charge in [0, 0.05) is 22.6 Å². The minimum atomic E-state index is -0.145. The lowest BCUT2D eigenvalue weighted by atomic mass is 9.92. The first kappa shape index (κ1) is 15.5. The van der Waals surface area contributed by atoms with Crippen LogP contribution in [0.5, 0.6) is 0 Å². The van der Waals surface area contributed by atoms with Gasteiger partial charge in [0.15, 0.2) is 16.6 Å². The smallest absolute Gasteiger partial charge is 0.231 e. The van der Waals surface area contributed by atoms with Crippen LogP contribution < -0.4 is 5.32 Å². The van der Waals surface area contributed by atoms with Crippen LogP contribution in [0, 0.1) is 0 Å². The Morgan fingerprint density at radius 1 is 1.43 bits per heavy atom. The van der Waals surface area contributed by atoms with Crippen LogP contribution in [0.4, 0.5) is 5.82 Å². The summed E-state index contributed by atoms with van der Waals surface area (Å²) in [4.78, 5) is 16.5. The van der Waals surface area contributed by atoms with Gasteiger partial charge in [0.1, 0.15) is 0 Å². The number of amides is 1. The van der Waals surface area contributed by atoms with Crippen molar-refractivity contribution in [1.82, 2.24) is 15.2 Å². The van der Waals surface area contributed by atoms with E-state index < -0.39 is 0 Å². The number of hydrogen-bond donors (Lipinski definition) is 2. The summed E-state index contributed by atoms with van der Waals surface area (Å²) in [6, 6.07) is 5.52. The normalized spacial score (nSPS) is 11.6. The zero-order chi connectivity index (χ0) is 16.4. The third kappa shape index (κ3) is 3.68. The maximum Gasteiger partial charge on any atom is 0.231 e. The second-order valence-electron chi connectivity index (χ2n) is 6.26. The van der Waals surface area contributed by atoms with Gasteiger partial charge < -0.3 is 9.73 Å². The molecule has 0 aliphatic heterocycles. The van der Waals surface area contributed by atoms with Gasteiger partial charge in [-0.25, -0.2) is 4.98 Å². The number of aromatic nitrogens is 3. The minimum Gasteiger partial charge on any atom is -0.462 e. The Morgan fingerprint density at radius 3 is 2.91 bits per heavy atom. The fourth-order valence-corrected chi connectivity index (χ4v) is 2.81. The maximum atomic E-state index is 12.1. The van der Waals surface area contributed by atoms with Gasteiger partial charge >= 0.3 is 0 Å². The average Bonchev–Trinajstić information content (AvgIpc) is 3.17. The Bertz CT molecular complexity index is 796. The van der Waals surface area contributed by atoms with Gasteiger partial charge in [0.2, 0.25) is 5.91 Å². The van der Waals surface area contributed by atoms with Crippen LogP contribution in [0.3, 0.4) is 0 Å². The highest BCUT2D eigenvalue weighted by Crippen LogP contribution is 2.24. The highest BCUT2D eigenvalue weighted by atomic mass is 32.1. The molecule has 0 saturated heterocycles. The molecule has 0 fully saturated rings. The monoisotopic (exact) mass is 330 g/mol. The Balaban J connectivity index is 1.62. The molecule has 23 heavy (non-hydrogen) atoms. The van der Waals surface area contributed by atoms with E-state index in [1.807, 2.05) is 23.6 Å². The molecule has 3 rings (SSSR count). The Morgan fingerprint density at radius 2 is 2.26 bits per heavy atom. The number of rotatable bonds is 4. The number of nitrogens with one attached hydrogen (secondary N) is 2. The van der Waals surface area contributed by atoms with Gasteiger partial charge in [-0.2, -0.15) is 5.10 Å². The van der Waals surface area contributed by atoms with Crippen molar-refractivity contribution < 1.29 is 9.21 Å². The summed E-state index contributed by atoms with van der Waals surface area (Å²) in [7, 11) is 0. The standard InChI is InChI=1S/C16H18N4O2S/c1-16(2,3)12-8-13(20-19-12)18-14(21)7-10-9-23-15(17-10)11-5-4-6-22-11/h4-6,8-9H,7H2,1-3H3,(H2,18,19,20,21). The molecule has 6 nitrogen and oxygen atoms in total. The molecule has 3 aromatic heterocycles. The molecule has 0 bridgehead atoms. The van der Waals surface area contributed by atoms with E-state index in [2.05, 4.69) is 41.3 Å². The number of hydrogen-bond acceptors (Lipinski definition) is 5. The van der Waals surface area contributed by atoms with Gasteiger partial charge in [-0.05, 0) is 12.1 Å². The van der Waals surface area contributed by atoms with Crippen molar-refractivity contribution in [3.05, 3.63) is 41.2 Å². The van der Waals surface area contributed by atoms with Crippen molar-refractivity contribution in [2.75, 3.05) is 5.32 Å². The van der Waals surface area contributed by atoms with Crippen LogP contribution in [0.1, 0.15) is 32.2 Å². The molecule has 0 saturated carbocycles. The van der Waals surface area contributed by atoms with Crippen LogP contribution in [-0.4, -0.2) is 21.1 Å². The first-order valence-corrected chi connectivity index (χ1v) is 8.14. The topological polar surface area (TPSA) is 83.8 Å². The van der Waals surface area contributed by atoms with Crippen molar-refractivity contribution in [3.8, 4) is 10.8 Å². The van der Waals surface area contributed by atoms with Crippen molar-refractivity contribution in [1.29, 1.82) is 0 Å². The molecular formula is C16H18N4O2S. The summed E-state index contributed by atoms with van der Waals surface area (Å²) < 4.78 is 5.30. The number of thiazole rings is 1. The predicted molar refractivity (Wildman–Crippen MR) is 89.4 cm³/mol. The lowest BCUT2D eigenvalue weighted by Crippen LogP contribution is -2.15. The highest BCUT2D eigenvalue weighted by molar-refractivity contribution is 7.13. The third-order valence-corrected chi connectivity index (χ3v) is 4.18. The second-order valence-corrected chi connectivity index (χ2v) is 7.12. The van der Waals surface area contributed by atoms with Gasteiger partial charge in [-0.1, -0.05) is 20.8 Å². The summed E-state index contributed by atoms with van der Waals surface area (Å²) >= 11 is 1.46. The van der Waals surface area contributed by atoms with E-state index in [9.17, 15) is 4.79 Å². The van der Waals surface area contributed by atoms with Gasteiger partial charge in [0.05, 0.1) is 18.4 Å². The first-order valence-electron chi connectivity index (χ1n) is 7.26. The van der Waals surface area contributed by atoms with E-state index in [-0.39, 0.29) is 17.7 Å². The summed E-state index contributed by atoms with van der Waals surface area (Å²) in [6.45, 7) is 6.24. The zero-order valence-corrected chi connectivity index (χ0v) is 14.0. The van der Waals surface area contributed by atoms with Crippen molar-refractivity contribution in [2.24, 2.45) is 0 Å². The minimum absolute atomic E-state index is 0.0389. The van der Waals surface area contributed by atoms with E-state index in [1.165, 1.54) is 11.3 Å². The van der Waals surface area contributed by atoms with Gasteiger partial charge in [-0.15, -0.1) is 11.3 Å². The largest absolute Gasteiger partial charge is 0.462 e. The molecule has 2 N–H and O–H groups in total. The number of carbonyl (C=O) groups excluding carboxylic acids is 1. The van der Waals surface area contributed by atoms with Crippen LogP contribution in [0.15, 0.2) is 34.3 Å². The molecule has 0 unspecified atom stereocenters.